The van der Waals surface area contributed by atoms with Gasteiger partial charge in [0.05, 0.1) is 0 Å². The molecule has 66 valence electrons. The molecule has 0 atom stereocenters. The fourth-order valence-electron chi connectivity index (χ4n) is 1.09. The number of ketones is 1. The largest absolute Gasteiger partial charge is 1.00 e. The zero-order chi connectivity index (χ0) is 9.30. The summed E-state index contributed by atoms with van der Waals surface area (Å²) in [6.07, 6.45) is 0.148. The fourth-order valence-corrected chi connectivity index (χ4v) is 1.24. The molecule has 1 aliphatic heterocycles. The Labute approximate surface area is 131 Å². The van der Waals surface area contributed by atoms with Crippen molar-refractivity contribution in [2.24, 2.45) is 5.92 Å². The van der Waals surface area contributed by atoms with Crippen LogP contribution in [0.4, 0.5) is 0 Å². The van der Waals surface area contributed by atoms with Crippen LogP contribution in [0.25, 0.3) is 0 Å². The van der Waals surface area contributed by atoms with E-state index in [-0.39, 0.29) is 76.8 Å². The van der Waals surface area contributed by atoms with Crippen LogP contribution in [-0.2, 0) is 27.2 Å². The molecule has 0 saturated carbocycles. The molecular weight excluding hydrogens is 264 g/mol. The van der Waals surface area contributed by atoms with Gasteiger partial charge >= 0.3 is 58.2 Å². The summed E-state index contributed by atoms with van der Waals surface area (Å²) in [6.45, 7) is 1.38. The van der Waals surface area contributed by atoms with Gasteiger partial charge in [0.25, 0.3) is 0 Å². The molecule has 0 unspecified atom stereocenters. The minimum atomic E-state index is -0.454. The number of carbonyl (C=O) groups excluding carboxylic acids is 3. The molecule has 0 spiro atoms. The van der Waals surface area contributed by atoms with Crippen molar-refractivity contribution in [2.75, 3.05) is 0 Å². The van der Waals surface area contributed by atoms with Crippen molar-refractivity contribution in [1.29, 1.82) is 0 Å². The molecule has 0 bridgehead atoms. The first-order valence-corrected chi connectivity index (χ1v) is 3.92. The molecule has 4 nitrogen and oxygen atoms in total. The third-order valence-electron chi connectivity index (χ3n) is 1.87. The fraction of sp³-hybridized carbons (Fsp3) is 0.571. The molecule has 6 heteroatoms. The van der Waals surface area contributed by atoms with E-state index in [0.717, 1.165) is 0 Å². The van der Waals surface area contributed by atoms with Crippen molar-refractivity contribution in [3.63, 3.8) is 0 Å². The molecule has 0 aromatic rings. The quantitative estimate of drug-likeness (QED) is 0.373. The van der Waals surface area contributed by atoms with Crippen molar-refractivity contribution >= 4 is 30.4 Å². The number of rotatable bonds is 1. The van der Waals surface area contributed by atoms with Gasteiger partial charge in [-0.3, -0.25) is 14.4 Å². The van der Waals surface area contributed by atoms with Gasteiger partial charge in [-0.25, -0.2) is 0 Å². The van der Waals surface area contributed by atoms with Crippen molar-refractivity contribution in [3.05, 3.63) is 0 Å². The van der Waals surface area contributed by atoms with Crippen molar-refractivity contribution in [3.8, 4) is 0 Å². The number of amides is 2. The monoisotopic (exact) mass is 271 g/mol. The van der Waals surface area contributed by atoms with E-state index in [0.29, 0.717) is 4.31 Å². The Morgan fingerprint density at radius 1 is 1.38 bits per heavy atom. The second kappa shape index (κ2) is 5.75. The number of nitrogens with zero attached hydrogens (tertiary/aromatic N) is 1. The van der Waals surface area contributed by atoms with E-state index in [1.54, 1.807) is 0 Å². The minimum Gasteiger partial charge on any atom is -0.655 e. The molecule has 13 heavy (non-hydrogen) atoms. The SMILES string of the molecule is CC(=O)C1CC(=O)N([S-])C(=O)C1.[Rb+]. The number of carbonyl (C=O) groups is 3. The number of Topliss-reactive ketones (excluding diaryl/α,β-unsaturated/α-hetero) is 1. The molecule has 1 heterocycles. The zero-order valence-electron chi connectivity index (χ0n) is 7.57. The van der Waals surface area contributed by atoms with Crippen LogP contribution in [0.15, 0.2) is 0 Å². The summed E-state index contributed by atoms with van der Waals surface area (Å²) in [5.74, 6) is -1.47. The van der Waals surface area contributed by atoms with Crippen molar-refractivity contribution in [1.82, 2.24) is 4.31 Å². The summed E-state index contributed by atoms with van der Waals surface area (Å²) in [5.41, 5.74) is 0. The van der Waals surface area contributed by atoms with Crippen LogP contribution < -0.4 is 58.2 Å². The summed E-state index contributed by atoms with van der Waals surface area (Å²) in [5, 5.41) is 0. The first-order chi connectivity index (χ1) is 5.52. The second-order valence-corrected chi connectivity index (χ2v) is 3.16. The Morgan fingerprint density at radius 2 is 1.77 bits per heavy atom. The van der Waals surface area contributed by atoms with Crippen LogP contribution >= 0.6 is 0 Å². The van der Waals surface area contributed by atoms with Gasteiger partial charge in [-0.05, 0) is 6.92 Å². The maximum absolute atomic E-state index is 11.0. The molecule has 2 amide bonds. The minimum absolute atomic E-state index is 0. The van der Waals surface area contributed by atoms with Gasteiger partial charge in [0.2, 0.25) is 11.8 Å². The maximum atomic E-state index is 11.0. The average molecular weight is 272 g/mol. The summed E-state index contributed by atoms with van der Waals surface area (Å²) in [7, 11) is 0. The zero-order valence-corrected chi connectivity index (χ0v) is 13.3. The Balaban J connectivity index is 0.00000144. The molecule has 1 aliphatic rings. The molecule has 0 aliphatic carbocycles. The smallest absolute Gasteiger partial charge is 0.655 e. The summed E-state index contributed by atoms with van der Waals surface area (Å²) < 4.78 is 0.666. The van der Waals surface area contributed by atoms with E-state index in [1.165, 1.54) is 6.92 Å². The predicted molar refractivity (Wildman–Crippen MR) is 42.6 cm³/mol. The van der Waals surface area contributed by atoms with Crippen LogP contribution in [0.2, 0.25) is 0 Å². The van der Waals surface area contributed by atoms with Gasteiger partial charge in [0, 0.05) is 18.8 Å². The Hall–Kier alpha value is 0.965. The van der Waals surface area contributed by atoms with Gasteiger partial charge in [0.15, 0.2) is 0 Å². The predicted octanol–water partition coefficient (Wildman–Crippen LogP) is -3.19. The Morgan fingerprint density at radius 3 is 2.08 bits per heavy atom. The average Bonchev–Trinajstić information content (AvgIpc) is 1.99. The normalized spacial score (nSPS) is 18.5. The van der Waals surface area contributed by atoms with Crippen LogP contribution in [0, 0.1) is 5.92 Å². The van der Waals surface area contributed by atoms with Gasteiger partial charge in [-0.2, -0.15) is 0 Å². The molecule has 0 N–H and O–H groups in total. The Kier molecular flexibility index (Phi) is 6.18. The maximum Gasteiger partial charge on any atom is 1.00 e. The van der Waals surface area contributed by atoms with Gasteiger partial charge in [0.1, 0.15) is 5.78 Å². The molecule has 1 saturated heterocycles. The van der Waals surface area contributed by atoms with E-state index in [9.17, 15) is 14.4 Å². The van der Waals surface area contributed by atoms with Crippen molar-refractivity contribution in [2.45, 2.75) is 19.8 Å². The molecule has 1 fully saturated rings. The summed E-state index contributed by atoms with van der Waals surface area (Å²) in [6, 6.07) is 0. The van der Waals surface area contributed by atoms with E-state index in [4.69, 9.17) is 0 Å². The van der Waals surface area contributed by atoms with E-state index in [2.05, 4.69) is 12.8 Å². The second-order valence-electron chi connectivity index (χ2n) is 2.80. The first kappa shape index (κ1) is 14.0. The van der Waals surface area contributed by atoms with Gasteiger partial charge < -0.3 is 17.1 Å². The molecule has 0 aromatic carbocycles. The third-order valence-corrected chi connectivity index (χ3v) is 2.28. The summed E-state index contributed by atoms with van der Waals surface area (Å²) in [4.78, 5) is 32.8. The van der Waals surface area contributed by atoms with Crippen LogP contribution in [0.1, 0.15) is 19.8 Å². The number of imide groups is 1. The van der Waals surface area contributed by atoms with E-state index >= 15 is 0 Å². The molecule has 0 radical (unpaired) electrons. The van der Waals surface area contributed by atoms with Crippen molar-refractivity contribution < 1.29 is 72.6 Å². The third kappa shape index (κ3) is 3.55. The number of piperidine rings is 1. The van der Waals surface area contributed by atoms with Gasteiger partial charge in [-0.1, -0.05) is 0 Å². The molecule has 1 rings (SSSR count). The van der Waals surface area contributed by atoms with Gasteiger partial charge in [-0.15, -0.1) is 0 Å². The van der Waals surface area contributed by atoms with E-state index in [1.807, 2.05) is 0 Å². The van der Waals surface area contributed by atoms with E-state index < -0.39 is 17.7 Å². The standard InChI is InChI=1S/C7H8NO3S.Rb/c1-4(9)5-2-6(10)8(12)7(11)3-5;/h5H,2-3H2,1H3;/q-1;+1. The van der Waals surface area contributed by atoms with Crippen LogP contribution in [0.5, 0.6) is 0 Å². The number of hydrogen-bond acceptors (Lipinski definition) is 4. The summed E-state index contributed by atoms with van der Waals surface area (Å²) >= 11 is 4.50. The number of hydrogen-bond donors (Lipinski definition) is 0. The molecular formula is C7H8NO3RbS. The Bertz CT molecular complexity index is 238. The topological polar surface area (TPSA) is 54.5 Å². The van der Waals surface area contributed by atoms with Crippen LogP contribution in [0.3, 0.4) is 0 Å². The molecule has 0 aromatic heterocycles. The first-order valence-electron chi connectivity index (χ1n) is 3.55. The van der Waals surface area contributed by atoms with Crippen LogP contribution in [-0.4, -0.2) is 21.9 Å².